The van der Waals surface area contributed by atoms with Crippen molar-refractivity contribution in [3.05, 3.63) is 34.3 Å². The molecule has 1 aliphatic heterocycles. The zero-order valence-electron chi connectivity index (χ0n) is 10.5. The Morgan fingerprint density at radius 2 is 2.17 bits per heavy atom. The van der Waals surface area contributed by atoms with Crippen LogP contribution in [0.15, 0.2) is 28.7 Å². The Morgan fingerprint density at radius 1 is 1.33 bits per heavy atom. The van der Waals surface area contributed by atoms with E-state index in [4.69, 9.17) is 9.47 Å². The summed E-state index contributed by atoms with van der Waals surface area (Å²) in [5.41, 5.74) is 1.21. The number of halogens is 1. The normalized spacial score (nSPS) is 19.3. The molecule has 0 aromatic heterocycles. The highest BCUT2D eigenvalue weighted by atomic mass is 79.9. The minimum Gasteiger partial charge on any atom is -0.377 e. The van der Waals surface area contributed by atoms with Crippen LogP contribution in [0.4, 0.5) is 0 Å². The lowest BCUT2D eigenvalue weighted by molar-refractivity contribution is 0.0986. The van der Waals surface area contributed by atoms with Crippen molar-refractivity contribution in [1.82, 2.24) is 5.32 Å². The Labute approximate surface area is 117 Å². The summed E-state index contributed by atoms with van der Waals surface area (Å²) in [6.45, 7) is 4.17. The quantitative estimate of drug-likeness (QED) is 0.785. The van der Waals surface area contributed by atoms with Crippen LogP contribution in [0.25, 0.3) is 0 Å². The van der Waals surface area contributed by atoms with E-state index in [9.17, 15) is 0 Å². The first kappa shape index (κ1) is 14.0. The van der Waals surface area contributed by atoms with Gasteiger partial charge in [-0.25, -0.2) is 0 Å². The number of hydrogen-bond donors (Lipinski definition) is 1. The molecule has 1 aliphatic rings. The zero-order chi connectivity index (χ0) is 12.6. The van der Waals surface area contributed by atoms with Gasteiger partial charge >= 0.3 is 0 Å². The molecule has 1 aromatic carbocycles. The summed E-state index contributed by atoms with van der Waals surface area (Å²) < 4.78 is 12.2. The Kier molecular flexibility index (Phi) is 6.14. The predicted octanol–water partition coefficient (Wildman–Crippen LogP) is 2.73. The van der Waals surface area contributed by atoms with E-state index in [1.54, 1.807) is 0 Å². The van der Waals surface area contributed by atoms with E-state index < -0.39 is 0 Å². The number of nitrogens with one attached hydrogen (secondary N) is 1. The van der Waals surface area contributed by atoms with E-state index >= 15 is 0 Å². The molecule has 1 fully saturated rings. The molecular weight excluding hydrogens is 294 g/mol. The van der Waals surface area contributed by atoms with Crippen molar-refractivity contribution < 1.29 is 9.47 Å². The van der Waals surface area contributed by atoms with Gasteiger partial charge in [-0.2, -0.15) is 0 Å². The van der Waals surface area contributed by atoms with Crippen LogP contribution in [0.5, 0.6) is 0 Å². The number of ether oxygens (including phenoxy) is 2. The van der Waals surface area contributed by atoms with Crippen LogP contribution < -0.4 is 5.32 Å². The molecule has 1 atom stereocenters. The molecule has 1 unspecified atom stereocenters. The van der Waals surface area contributed by atoms with E-state index in [0.29, 0.717) is 12.7 Å². The molecule has 1 saturated heterocycles. The SMILES string of the molecule is Brc1ccc(COCCNCC2CCCO2)cc1. The van der Waals surface area contributed by atoms with Gasteiger partial charge in [-0.3, -0.25) is 0 Å². The van der Waals surface area contributed by atoms with E-state index in [-0.39, 0.29) is 0 Å². The Bertz CT molecular complexity index is 336. The van der Waals surface area contributed by atoms with Crippen molar-refractivity contribution in [3.8, 4) is 0 Å². The molecule has 0 saturated carbocycles. The summed E-state index contributed by atoms with van der Waals surface area (Å²) >= 11 is 3.42. The monoisotopic (exact) mass is 313 g/mol. The molecule has 4 heteroatoms. The average Bonchev–Trinajstić information content (AvgIpc) is 2.89. The minimum atomic E-state index is 0.413. The fourth-order valence-electron chi connectivity index (χ4n) is 1.98. The fraction of sp³-hybridized carbons (Fsp3) is 0.571. The summed E-state index contributed by atoms with van der Waals surface area (Å²) in [6.07, 6.45) is 2.80. The summed E-state index contributed by atoms with van der Waals surface area (Å²) in [6, 6.07) is 8.22. The van der Waals surface area contributed by atoms with E-state index in [2.05, 4.69) is 33.4 Å². The van der Waals surface area contributed by atoms with Crippen molar-refractivity contribution in [2.75, 3.05) is 26.3 Å². The second kappa shape index (κ2) is 7.89. The fourth-order valence-corrected chi connectivity index (χ4v) is 2.25. The summed E-state index contributed by atoms with van der Waals surface area (Å²) in [5.74, 6) is 0. The summed E-state index contributed by atoms with van der Waals surface area (Å²) in [5, 5.41) is 3.37. The molecule has 1 aromatic rings. The van der Waals surface area contributed by atoms with Gasteiger partial charge in [0.05, 0.1) is 19.3 Å². The number of hydrogen-bond acceptors (Lipinski definition) is 3. The third-order valence-corrected chi connectivity index (χ3v) is 3.53. The van der Waals surface area contributed by atoms with E-state index in [1.165, 1.54) is 18.4 Å². The van der Waals surface area contributed by atoms with Crippen LogP contribution in [0, 0.1) is 0 Å². The topological polar surface area (TPSA) is 30.5 Å². The minimum absolute atomic E-state index is 0.413. The van der Waals surface area contributed by atoms with Crippen molar-refractivity contribution >= 4 is 15.9 Å². The molecule has 1 N–H and O–H groups in total. The zero-order valence-corrected chi connectivity index (χ0v) is 12.1. The first-order valence-corrected chi connectivity index (χ1v) is 7.28. The molecule has 2 rings (SSSR count). The number of rotatable bonds is 7. The lowest BCUT2D eigenvalue weighted by Gasteiger charge is -2.10. The molecule has 1 heterocycles. The lowest BCUT2D eigenvalue weighted by Crippen LogP contribution is -2.29. The van der Waals surface area contributed by atoms with Crippen molar-refractivity contribution in [1.29, 1.82) is 0 Å². The second-order valence-electron chi connectivity index (χ2n) is 4.52. The van der Waals surface area contributed by atoms with Gasteiger partial charge in [0, 0.05) is 24.2 Å². The smallest absolute Gasteiger partial charge is 0.0717 e. The van der Waals surface area contributed by atoms with Crippen molar-refractivity contribution in [2.24, 2.45) is 0 Å². The molecule has 0 aliphatic carbocycles. The maximum Gasteiger partial charge on any atom is 0.0717 e. The molecule has 3 nitrogen and oxygen atoms in total. The van der Waals surface area contributed by atoms with Crippen LogP contribution in [0.2, 0.25) is 0 Å². The van der Waals surface area contributed by atoms with E-state index in [0.717, 1.165) is 30.8 Å². The highest BCUT2D eigenvalue weighted by Crippen LogP contribution is 2.11. The Balaban J connectivity index is 1.49. The van der Waals surface area contributed by atoms with Gasteiger partial charge in [0.15, 0.2) is 0 Å². The van der Waals surface area contributed by atoms with Gasteiger partial charge < -0.3 is 14.8 Å². The van der Waals surface area contributed by atoms with Gasteiger partial charge in [-0.05, 0) is 30.5 Å². The standard InChI is InChI=1S/C14H20BrNO2/c15-13-5-3-12(4-6-13)11-17-9-7-16-10-14-2-1-8-18-14/h3-6,14,16H,1-2,7-11H2. The first-order valence-electron chi connectivity index (χ1n) is 6.49. The summed E-state index contributed by atoms with van der Waals surface area (Å²) in [4.78, 5) is 0. The molecule has 100 valence electrons. The maximum absolute atomic E-state index is 5.61. The Hall–Kier alpha value is -0.420. The van der Waals surface area contributed by atoms with Crippen LogP contribution in [-0.4, -0.2) is 32.4 Å². The Morgan fingerprint density at radius 3 is 2.89 bits per heavy atom. The third-order valence-electron chi connectivity index (χ3n) is 3.00. The molecular formula is C14H20BrNO2. The molecule has 0 spiro atoms. The van der Waals surface area contributed by atoms with E-state index in [1.807, 2.05) is 12.1 Å². The van der Waals surface area contributed by atoms with Crippen molar-refractivity contribution in [2.45, 2.75) is 25.6 Å². The van der Waals surface area contributed by atoms with Gasteiger partial charge in [0.1, 0.15) is 0 Å². The highest BCUT2D eigenvalue weighted by molar-refractivity contribution is 9.10. The second-order valence-corrected chi connectivity index (χ2v) is 5.43. The average molecular weight is 314 g/mol. The van der Waals surface area contributed by atoms with Crippen LogP contribution in [0.1, 0.15) is 18.4 Å². The molecule has 0 amide bonds. The van der Waals surface area contributed by atoms with Gasteiger partial charge in [0.2, 0.25) is 0 Å². The largest absolute Gasteiger partial charge is 0.377 e. The predicted molar refractivity (Wildman–Crippen MR) is 75.6 cm³/mol. The maximum atomic E-state index is 5.61. The highest BCUT2D eigenvalue weighted by Gasteiger charge is 2.13. The molecule has 0 bridgehead atoms. The molecule has 0 radical (unpaired) electrons. The third kappa shape index (κ3) is 5.06. The number of benzene rings is 1. The van der Waals surface area contributed by atoms with Gasteiger partial charge in [-0.1, -0.05) is 28.1 Å². The van der Waals surface area contributed by atoms with Crippen molar-refractivity contribution in [3.63, 3.8) is 0 Å². The lowest BCUT2D eigenvalue weighted by atomic mass is 10.2. The van der Waals surface area contributed by atoms with Crippen LogP contribution >= 0.6 is 15.9 Å². The van der Waals surface area contributed by atoms with Gasteiger partial charge in [-0.15, -0.1) is 0 Å². The molecule has 18 heavy (non-hydrogen) atoms. The van der Waals surface area contributed by atoms with Gasteiger partial charge in [0.25, 0.3) is 0 Å². The van der Waals surface area contributed by atoms with Crippen LogP contribution in [0.3, 0.4) is 0 Å². The van der Waals surface area contributed by atoms with Crippen LogP contribution in [-0.2, 0) is 16.1 Å². The first-order chi connectivity index (χ1) is 8.84. The summed E-state index contributed by atoms with van der Waals surface area (Å²) in [7, 11) is 0.